The summed E-state index contributed by atoms with van der Waals surface area (Å²) in [7, 11) is 1.81. The summed E-state index contributed by atoms with van der Waals surface area (Å²) in [5.41, 5.74) is 0.835. The third-order valence-electron chi connectivity index (χ3n) is 1.56. The van der Waals surface area contributed by atoms with Gasteiger partial charge in [-0.1, -0.05) is 15.9 Å². The van der Waals surface area contributed by atoms with E-state index in [1.807, 2.05) is 6.92 Å². The lowest BCUT2D eigenvalue weighted by molar-refractivity contribution is 0.101. The van der Waals surface area contributed by atoms with Gasteiger partial charge in [0.2, 0.25) is 5.78 Å². The van der Waals surface area contributed by atoms with Crippen molar-refractivity contribution in [2.24, 2.45) is 7.05 Å². The van der Waals surface area contributed by atoms with Crippen LogP contribution >= 0.6 is 48.8 Å². The first-order valence-electron chi connectivity index (χ1n) is 3.36. The van der Waals surface area contributed by atoms with Gasteiger partial charge in [-0.2, -0.15) is 0 Å². The molecule has 0 spiro atoms. The van der Waals surface area contributed by atoms with E-state index < -0.39 is 0 Å². The Balaban J connectivity index is 0.00000144. The van der Waals surface area contributed by atoms with Crippen molar-refractivity contribution in [3.8, 4) is 0 Å². The first-order valence-corrected chi connectivity index (χ1v) is 5.27. The zero-order valence-electron chi connectivity index (χ0n) is 7.17. The van der Waals surface area contributed by atoms with E-state index in [9.17, 15) is 4.79 Å². The summed E-state index contributed by atoms with van der Waals surface area (Å²) >= 11 is 6.43. The Hall–Kier alpha value is 0.320. The Morgan fingerprint density at radius 1 is 1.62 bits per heavy atom. The number of aryl methyl sites for hydroxylation is 1. The van der Waals surface area contributed by atoms with E-state index in [4.69, 9.17) is 0 Å². The van der Waals surface area contributed by atoms with Crippen molar-refractivity contribution < 1.29 is 4.79 Å². The number of alkyl halides is 1. The average Bonchev–Trinajstić information content (AvgIpc) is 2.32. The molecular formula is C7H9Br3N2O. The molecule has 1 aromatic heterocycles. The smallest absolute Gasteiger partial charge is 0.208 e. The Bertz CT molecular complexity index is 322. The topological polar surface area (TPSA) is 34.9 Å². The second kappa shape index (κ2) is 5.26. The lowest BCUT2D eigenvalue weighted by Crippen LogP contribution is -2.08. The number of carbonyl (C=O) groups excluding carboxylic acids is 1. The van der Waals surface area contributed by atoms with Crippen LogP contribution in [-0.2, 0) is 7.05 Å². The van der Waals surface area contributed by atoms with Crippen molar-refractivity contribution in [3.63, 3.8) is 0 Å². The fraction of sp³-hybridized carbons (Fsp3) is 0.429. The maximum atomic E-state index is 11.2. The fourth-order valence-corrected chi connectivity index (χ4v) is 1.43. The second-order valence-electron chi connectivity index (χ2n) is 2.43. The molecule has 0 aliphatic carbocycles. The van der Waals surface area contributed by atoms with Crippen LogP contribution in [0.25, 0.3) is 0 Å². The molecule has 0 aliphatic heterocycles. The number of imidazole rings is 1. The van der Waals surface area contributed by atoms with Gasteiger partial charge in [0.15, 0.2) is 5.82 Å². The average molecular weight is 377 g/mol. The van der Waals surface area contributed by atoms with Crippen LogP contribution in [-0.4, -0.2) is 20.7 Å². The first-order chi connectivity index (χ1) is 5.57. The lowest BCUT2D eigenvalue weighted by Gasteiger charge is -1.97. The van der Waals surface area contributed by atoms with Crippen molar-refractivity contribution in [1.82, 2.24) is 9.55 Å². The van der Waals surface area contributed by atoms with Gasteiger partial charge >= 0.3 is 0 Å². The van der Waals surface area contributed by atoms with Gasteiger partial charge in [-0.25, -0.2) is 4.98 Å². The zero-order chi connectivity index (χ0) is 9.30. The number of carbonyl (C=O) groups is 1. The van der Waals surface area contributed by atoms with E-state index in [1.54, 1.807) is 11.6 Å². The maximum Gasteiger partial charge on any atom is 0.208 e. The van der Waals surface area contributed by atoms with Crippen LogP contribution in [0.2, 0.25) is 0 Å². The Morgan fingerprint density at radius 3 is 2.46 bits per heavy atom. The highest BCUT2D eigenvalue weighted by Crippen LogP contribution is 2.16. The van der Waals surface area contributed by atoms with Gasteiger partial charge in [0, 0.05) is 7.05 Å². The molecule has 6 heteroatoms. The monoisotopic (exact) mass is 374 g/mol. The molecule has 74 valence electrons. The van der Waals surface area contributed by atoms with Crippen molar-refractivity contribution in [2.75, 3.05) is 5.33 Å². The fourth-order valence-electron chi connectivity index (χ4n) is 0.925. The molecule has 0 N–H and O–H groups in total. The number of ketones is 1. The molecule has 0 bridgehead atoms. The summed E-state index contributed by atoms with van der Waals surface area (Å²) in [4.78, 5) is 15.4. The second-order valence-corrected chi connectivity index (χ2v) is 3.74. The molecule has 0 aliphatic rings. The number of rotatable bonds is 2. The van der Waals surface area contributed by atoms with Crippen LogP contribution in [0.4, 0.5) is 0 Å². The van der Waals surface area contributed by atoms with Gasteiger partial charge in [-0.15, -0.1) is 17.0 Å². The third kappa shape index (κ3) is 2.63. The minimum atomic E-state index is -0.00806. The standard InChI is InChI=1S/C7H8Br2N2O.BrH/c1-4-6(9)11(2)7(10-4)5(12)3-8;/h3H2,1-2H3;1H. The van der Waals surface area contributed by atoms with Crippen LogP contribution in [0.5, 0.6) is 0 Å². The van der Waals surface area contributed by atoms with Crippen LogP contribution in [0.1, 0.15) is 16.3 Å². The van der Waals surface area contributed by atoms with E-state index >= 15 is 0 Å². The summed E-state index contributed by atoms with van der Waals surface area (Å²) in [6.07, 6.45) is 0. The van der Waals surface area contributed by atoms with Gasteiger partial charge in [0.1, 0.15) is 4.60 Å². The Kier molecular flexibility index (Phi) is 5.39. The molecule has 0 aromatic carbocycles. The number of nitrogens with zero attached hydrogens (tertiary/aromatic N) is 2. The molecule has 0 saturated heterocycles. The van der Waals surface area contributed by atoms with Crippen LogP contribution in [0, 0.1) is 6.92 Å². The van der Waals surface area contributed by atoms with E-state index in [-0.39, 0.29) is 22.8 Å². The summed E-state index contributed by atoms with van der Waals surface area (Å²) in [6.45, 7) is 1.86. The number of aromatic nitrogens is 2. The number of hydrogen-bond acceptors (Lipinski definition) is 2. The molecule has 13 heavy (non-hydrogen) atoms. The van der Waals surface area contributed by atoms with Gasteiger partial charge in [-0.05, 0) is 22.9 Å². The van der Waals surface area contributed by atoms with Crippen molar-refractivity contribution in [1.29, 1.82) is 0 Å². The minimum absolute atomic E-state index is 0. The highest BCUT2D eigenvalue weighted by molar-refractivity contribution is 9.10. The van der Waals surface area contributed by atoms with E-state index in [0.717, 1.165) is 10.3 Å². The highest BCUT2D eigenvalue weighted by atomic mass is 79.9. The molecule has 0 saturated carbocycles. The summed E-state index contributed by atoms with van der Waals surface area (Å²) < 4.78 is 2.59. The number of Topliss-reactive ketones (excluding diaryl/α,β-unsaturated/α-hetero) is 1. The number of halogens is 3. The predicted octanol–water partition coefficient (Wildman–Crippen LogP) is 2.65. The SMILES string of the molecule is Br.Cc1nc(C(=O)CBr)n(C)c1Br. The zero-order valence-corrected chi connectivity index (χ0v) is 12.1. The summed E-state index contributed by atoms with van der Waals surface area (Å²) in [5.74, 6) is 0.475. The first kappa shape index (κ1) is 13.3. The maximum absolute atomic E-state index is 11.2. The van der Waals surface area contributed by atoms with Gasteiger partial charge in [0.05, 0.1) is 11.0 Å². The Labute approximate surface area is 104 Å². The molecule has 1 aromatic rings. The molecule has 1 heterocycles. The molecule has 0 atom stereocenters. The lowest BCUT2D eigenvalue weighted by atomic mass is 10.4. The van der Waals surface area contributed by atoms with E-state index in [0.29, 0.717) is 11.2 Å². The number of hydrogen-bond donors (Lipinski definition) is 0. The van der Waals surface area contributed by atoms with Gasteiger partial charge in [-0.3, -0.25) is 4.79 Å². The molecule has 0 fully saturated rings. The van der Waals surface area contributed by atoms with Gasteiger partial charge in [0.25, 0.3) is 0 Å². The van der Waals surface area contributed by atoms with E-state index in [2.05, 4.69) is 36.8 Å². The summed E-state index contributed by atoms with van der Waals surface area (Å²) in [5, 5.41) is 0.309. The van der Waals surface area contributed by atoms with Crippen molar-refractivity contribution in [3.05, 3.63) is 16.1 Å². The molecule has 0 amide bonds. The van der Waals surface area contributed by atoms with Crippen LogP contribution in [0.3, 0.4) is 0 Å². The van der Waals surface area contributed by atoms with Crippen LogP contribution in [0.15, 0.2) is 4.60 Å². The summed E-state index contributed by atoms with van der Waals surface area (Å²) in [6, 6.07) is 0. The molecule has 3 nitrogen and oxygen atoms in total. The predicted molar refractivity (Wildman–Crippen MR) is 64.1 cm³/mol. The van der Waals surface area contributed by atoms with Crippen molar-refractivity contribution >= 4 is 54.6 Å². The molecule has 0 radical (unpaired) electrons. The highest BCUT2D eigenvalue weighted by Gasteiger charge is 2.14. The molecule has 0 unspecified atom stereocenters. The molecular weight excluding hydrogens is 368 g/mol. The largest absolute Gasteiger partial charge is 0.319 e. The molecule has 1 rings (SSSR count). The van der Waals surface area contributed by atoms with Crippen LogP contribution < -0.4 is 0 Å². The van der Waals surface area contributed by atoms with Crippen molar-refractivity contribution in [2.45, 2.75) is 6.92 Å². The quantitative estimate of drug-likeness (QED) is 0.587. The Morgan fingerprint density at radius 2 is 2.15 bits per heavy atom. The van der Waals surface area contributed by atoms with Gasteiger partial charge < -0.3 is 4.57 Å². The third-order valence-corrected chi connectivity index (χ3v) is 3.17. The normalized spacial score (nSPS) is 9.54. The van der Waals surface area contributed by atoms with E-state index in [1.165, 1.54) is 0 Å². The minimum Gasteiger partial charge on any atom is -0.319 e.